The van der Waals surface area contributed by atoms with Crippen LogP contribution >= 0.6 is 0 Å². The van der Waals surface area contributed by atoms with Gasteiger partial charge in [0, 0.05) is 32.9 Å². The molecule has 0 radical (unpaired) electrons. The minimum absolute atomic E-state index is 0.0371. The predicted molar refractivity (Wildman–Crippen MR) is 103 cm³/mol. The van der Waals surface area contributed by atoms with E-state index in [2.05, 4.69) is 34.1 Å². The van der Waals surface area contributed by atoms with E-state index >= 15 is 0 Å². The summed E-state index contributed by atoms with van der Waals surface area (Å²) in [6.07, 6.45) is 4.98. The number of aryl methyl sites for hydroxylation is 1. The van der Waals surface area contributed by atoms with Gasteiger partial charge in [-0.3, -0.25) is 9.48 Å². The van der Waals surface area contributed by atoms with Gasteiger partial charge >= 0.3 is 0 Å². The maximum Gasteiger partial charge on any atom is 0.269 e. The first-order chi connectivity index (χ1) is 12.5. The van der Waals surface area contributed by atoms with Crippen LogP contribution in [0.1, 0.15) is 42.9 Å². The summed E-state index contributed by atoms with van der Waals surface area (Å²) in [7, 11) is 1.84. The van der Waals surface area contributed by atoms with E-state index < -0.39 is 0 Å². The molecule has 0 spiro atoms. The van der Waals surface area contributed by atoms with Crippen LogP contribution in [0, 0.1) is 11.8 Å². The van der Waals surface area contributed by atoms with Crippen LogP contribution < -0.4 is 10.2 Å². The van der Waals surface area contributed by atoms with E-state index in [1.54, 1.807) is 4.68 Å². The van der Waals surface area contributed by atoms with Crippen LogP contribution in [0.5, 0.6) is 0 Å². The summed E-state index contributed by atoms with van der Waals surface area (Å²) in [5, 5.41) is 7.56. The number of amides is 1. The first kappa shape index (κ1) is 18.4. The van der Waals surface area contributed by atoms with Gasteiger partial charge < -0.3 is 10.2 Å². The molecule has 1 N–H and O–H groups in total. The van der Waals surface area contributed by atoms with Crippen LogP contribution in [-0.2, 0) is 13.5 Å². The molecule has 1 fully saturated rings. The number of hydrogen-bond donors (Lipinski definition) is 1. The Morgan fingerprint density at radius 2 is 2.23 bits per heavy atom. The molecule has 0 aliphatic carbocycles. The van der Waals surface area contributed by atoms with E-state index in [4.69, 9.17) is 0 Å². The highest BCUT2D eigenvalue weighted by Crippen LogP contribution is 2.21. The van der Waals surface area contributed by atoms with E-state index in [1.165, 1.54) is 0 Å². The van der Waals surface area contributed by atoms with Gasteiger partial charge in [-0.25, -0.2) is 4.98 Å². The summed E-state index contributed by atoms with van der Waals surface area (Å²) in [5.41, 5.74) is 1.62. The normalized spacial score (nSPS) is 17.5. The lowest BCUT2D eigenvalue weighted by Crippen LogP contribution is -2.41. The van der Waals surface area contributed by atoms with Crippen molar-refractivity contribution in [2.24, 2.45) is 18.9 Å². The summed E-state index contributed by atoms with van der Waals surface area (Å²) in [5.74, 6) is 1.96. The molecule has 0 aromatic carbocycles. The average Bonchev–Trinajstić information content (AvgIpc) is 3.00. The number of aromatic nitrogens is 3. The number of carbonyl (C=O) groups is 1. The van der Waals surface area contributed by atoms with Crippen molar-refractivity contribution >= 4 is 11.7 Å². The van der Waals surface area contributed by atoms with E-state index in [9.17, 15) is 4.79 Å². The number of rotatable bonds is 6. The van der Waals surface area contributed by atoms with Gasteiger partial charge in [0.25, 0.3) is 5.91 Å². The lowest BCUT2D eigenvalue weighted by molar-refractivity contribution is 0.0936. The molecule has 6 nitrogen and oxygen atoms in total. The van der Waals surface area contributed by atoms with Crippen molar-refractivity contribution in [2.45, 2.75) is 33.1 Å². The number of piperidine rings is 1. The van der Waals surface area contributed by atoms with Crippen LogP contribution in [0.2, 0.25) is 0 Å². The third-order valence-electron chi connectivity index (χ3n) is 4.82. The summed E-state index contributed by atoms with van der Waals surface area (Å²) in [6.45, 7) is 6.96. The van der Waals surface area contributed by atoms with Gasteiger partial charge in [0.1, 0.15) is 11.5 Å². The largest absolute Gasteiger partial charge is 0.356 e. The fourth-order valence-corrected chi connectivity index (χ4v) is 3.57. The lowest BCUT2D eigenvalue weighted by Gasteiger charge is -2.33. The first-order valence-electron chi connectivity index (χ1n) is 9.50. The Balaban J connectivity index is 1.55. The van der Waals surface area contributed by atoms with Gasteiger partial charge in [-0.1, -0.05) is 19.9 Å². The fraction of sp³-hybridized carbons (Fsp3) is 0.550. The van der Waals surface area contributed by atoms with Crippen LogP contribution in [0.15, 0.2) is 30.5 Å². The molecule has 2 aromatic rings. The predicted octanol–water partition coefficient (Wildman–Crippen LogP) is 2.66. The van der Waals surface area contributed by atoms with Crippen molar-refractivity contribution in [3.8, 4) is 0 Å². The number of nitrogens with one attached hydrogen (secondary N) is 1. The molecule has 1 amide bonds. The molecule has 26 heavy (non-hydrogen) atoms. The fourth-order valence-electron chi connectivity index (χ4n) is 3.57. The summed E-state index contributed by atoms with van der Waals surface area (Å²) in [6, 6.07) is 7.92. The molecule has 3 heterocycles. The maximum absolute atomic E-state index is 12.6. The zero-order valence-electron chi connectivity index (χ0n) is 16.0. The van der Waals surface area contributed by atoms with Crippen molar-refractivity contribution in [3.05, 3.63) is 41.9 Å². The monoisotopic (exact) mass is 355 g/mol. The highest BCUT2D eigenvalue weighted by atomic mass is 16.2. The minimum Gasteiger partial charge on any atom is -0.356 e. The molecule has 0 saturated carbocycles. The van der Waals surface area contributed by atoms with Crippen LogP contribution in [0.4, 0.5) is 5.82 Å². The van der Waals surface area contributed by atoms with Gasteiger partial charge in [-0.15, -0.1) is 0 Å². The Morgan fingerprint density at radius 1 is 1.38 bits per heavy atom. The van der Waals surface area contributed by atoms with Crippen molar-refractivity contribution in [1.29, 1.82) is 0 Å². The Kier molecular flexibility index (Phi) is 5.91. The third-order valence-corrected chi connectivity index (χ3v) is 4.82. The van der Waals surface area contributed by atoms with E-state index in [0.29, 0.717) is 24.1 Å². The quantitative estimate of drug-likeness (QED) is 0.865. The molecule has 1 atom stereocenters. The smallest absolute Gasteiger partial charge is 0.269 e. The Bertz CT molecular complexity index is 725. The molecule has 1 aliphatic heterocycles. The molecule has 6 heteroatoms. The Labute approximate surface area is 155 Å². The summed E-state index contributed by atoms with van der Waals surface area (Å²) >= 11 is 0. The van der Waals surface area contributed by atoms with Crippen molar-refractivity contribution in [2.75, 3.05) is 24.5 Å². The topological polar surface area (TPSA) is 63.1 Å². The van der Waals surface area contributed by atoms with Gasteiger partial charge in [-0.2, -0.15) is 5.10 Å². The van der Waals surface area contributed by atoms with Crippen LogP contribution in [-0.4, -0.2) is 40.3 Å². The number of nitrogens with zero attached hydrogens (tertiary/aromatic N) is 4. The van der Waals surface area contributed by atoms with E-state index in [1.807, 2.05) is 37.5 Å². The second-order valence-electron chi connectivity index (χ2n) is 7.59. The van der Waals surface area contributed by atoms with E-state index in [0.717, 1.165) is 43.9 Å². The molecule has 1 aliphatic rings. The Morgan fingerprint density at radius 3 is 2.96 bits per heavy atom. The molecule has 1 saturated heterocycles. The SMILES string of the molecule is CC(C)Cc1cc(C(=O)NCC2CCCN(c3ccccn3)C2)n(C)n1. The Hall–Kier alpha value is -2.37. The zero-order valence-corrected chi connectivity index (χ0v) is 16.0. The van der Waals surface area contributed by atoms with Crippen molar-refractivity contribution in [1.82, 2.24) is 20.1 Å². The summed E-state index contributed by atoms with van der Waals surface area (Å²) < 4.78 is 1.69. The number of carbonyl (C=O) groups excluding carboxylic acids is 1. The average molecular weight is 355 g/mol. The minimum atomic E-state index is -0.0371. The van der Waals surface area contributed by atoms with Crippen molar-refractivity contribution < 1.29 is 4.79 Å². The molecule has 2 aromatic heterocycles. The number of hydrogen-bond acceptors (Lipinski definition) is 4. The molecular weight excluding hydrogens is 326 g/mol. The number of pyridine rings is 1. The van der Waals surface area contributed by atoms with Gasteiger partial charge in [0.05, 0.1) is 5.69 Å². The van der Waals surface area contributed by atoms with E-state index in [-0.39, 0.29) is 5.91 Å². The maximum atomic E-state index is 12.6. The standard InChI is InChI=1S/C20H29N5O/c1-15(2)11-17-12-18(24(3)23-17)20(26)22-13-16-7-6-10-25(14-16)19-8-4-5-9-21-19/h4-5,8-9,12,15-16H,6-7,10-11,13-14H2,1-3H3,(H,22,26). The molecule has 3 rings (SSSR count). The molecule has 1 unspecified atom stereocenters. The number of anilines is 1. The zero-order chi connectivity index (χ0) is 18.5. The van der Waals surface area contributed by atoms with Gasteiger partial charge in [0.15, 0.2) is 0 Å². The lowest BCUT2D eigenvalue weighted by atomic mass is 9.98. The molecular formula is C20H29N5O. The van der Waals surface area contributed by atoms with Crippen LogP contribution in [0.25, 0.3) is 0 Å². The third kappa shape index (κ3) is 4.62. The second-order valence-corrected chi connectivity index (χ2v) is 7.59. The van der Waals surface area contributed by atoms with Gasteiger partial charge in [-0.05, 0) is 49.3 Å². The summed E-state index contributed by atoms with van der Waals surface area (Å²) in [4.78, 5) is 19.3. The molecule has 0 bridgehead atoms. The highest BCUT2D eigenvalue weighted by molar-refractivity contribution is 5.92. The van der Waals surface area contributed by atoms with Gasteiger partial charge in [0.2, 0.25) is 0 Å². The van der Waals surface area contributed by atoms with Crippen LogP contribution in [0.3, 0.4) is 0 Å². The van der Waals surface area contributed by atoms with Crippen molar-refractivity contribution in [3.63, 3.8) is 0 Å². The highest BCUT2D eigenvalue weighted by Gasteiger charge is 2.22. The first-order valence-corrected chi connectivity index (χ1v) is 9.50. The molecule has 140 valence electrons. The second kappa shape index (κ2) is 8.34.